The van der Waals surface area contributed by atoms with Crippen molar-refractivity contribution in [3.63, 3.8) is 0 Å². The number of carbonyl (C=O) groups excluding carboxylic acids is 1. The van der Waals surface area contributed by atoms with Gasteiger partial charge < -0.3 is 9.47 Å². The number of aryl methyl sites for hydroxylation is 1. The lowest BCUT2D eigenvalue weighted by molar-refractivity contribution is -0.126. The number of hydrogen-bond acceptors (Lipinski definition) is 2. The molecule has 1 amide bonds. The van der Waals surface area contributed by atoms with Crippen molar-refractivity contribution >= 4 is 5.91 Å². The molecule has 4 heteroatoms. The summed E-state index contributed by atoms with van der Waals surface area (Å²) in [7, 11) is 1.86. The van der Waals surface area contributed by atoms with Crippen LogP contribution in [-0.4, -0.2) is 34.0 Å². The minimum Gasteiger partial charge on any atom is -0.344 e. The lowest BCUT2D eigenvalue weighted by atomic mass is 10.1. The van der Waals surface area contributed by atoms with Crippen LogP contribution in [0.25, 0.3) is 11.4 Å². The summed E-state index contributed by atoms with van der Waals surface area (Å²) in [5.74, 6) is 1.16. The molecule has 0 spiro atoms. The number of unbranched alkanes of at least 4 members (excludes halogenated alkanes) is 1. The second kappa shape index (κ2) is 6.34. The Labute approximate surface area is 131 Å². The topological polar surface area (TPSA) is 38.1 Å². The normalized spacial score (nSPS) is 18.2. The molecule has 2 aromatic rings. The molecule has 1 aromatic carbocycles. The standard InChI is InChI=1S/C18H23N3O/c1-3-4-5-14-6-8-15(9-7-14)18-19-10-11-21(18)16-12-17(22)20(2)13-16/h6-11,16H,3-5,12-13H2,1-2H3. The Bertz CT molecular complexity index is 645. The molecule has 1 unspecified atom stereocenters. The van der Waals surface area contributed by atoms with Gasteiger partial charge in [-0.1, -0.05) is 37.6 Å². The highest BCUT2D eigenvalue weighted by atomic mass is 16.2. The number of benzene rings is 1. The Morgan fingerprint density at radius 1 is 1.27 bits per heavy atom. The van der Waals surface area contributed by atoms with E-state index in [1.807, 2.05) is 19.4 Å². The molecule has 1 fully saturated rings. The number of likely N-dealkylation sites (N-methyl/N-ethyl adjacent to an activating group) is 1. The van der Waals surface area contributed by atoms with Crippen molar-refractivity contribution in [2.24, 2.45) is 0 Å². The van der Waals surface area contributed by atoms with Crippen molar-refractivity contribution in [2.45, 2.75) is 38.6 Å². The van der Waals surface area contributed by atoms with E-state index in [2.05, 4.69) is 40.7 Å². The molecule has 0 radical (unpaired) electrons. The highest BCUT2D eigenvalue weighted by molar-refractivity contribution is 5.78. The Morgan fingerprint density at radius 2 is 2.05 bits per heavy atom. The quantitative estimate of drug-likeness (QED) is 0.849. The van der Waals surface area contributed by atoms with Crippen LogP contribution in [0.15, 0.2) is 36.7 Å². The van der Waals surface area contributed by atoms with Crippen LogP contribution in [0.2, 0.25) is 0 Å². The number of rotatable bonds is 5. The molecule has 22 heavy (non-hydrogen) atoms. The summed E-state index contributed by atoms with van der Waals surface area (Å²) in [6.07, 6.45) is 7.95. The van der Waals surface area contributed by atoms with E-state index in [4.69, 9.17) is 0 Å². The molecule has 1 aromatic heterocycles. The molecule has 116 valence electrons. The largest absolute Gasteiger partial charge is 0.344 e. The van der Waals surface area contributed by atoms with Gasteiger partial charge in [0, 0.05) is 38.0 Å². The minimum atomic E-state index is 0.190. The maximum Gasteiger partial charge on any atom is 0.224 e. The van der Waals surface area contributed by atoms with Crippen molar-refractivity contribution in [3.8, 4) is 11.4 Å². The van der Waals surface area contributed by atoms with Gasteiger partial charge in [-0.05, 0) is 18.4 Å². The van der Waals surface area contributed by atoms with Gasteiger partial charge >= 0.3 is 0 Å². The van der Waals surface area contributed by atoms with E-state index in [1.165, 1.54) is 18.4 Å². The van der Waals surface area contributed by atoms with Crippen LogP contribution in [0.3, 0.4) is 0 Å². The lowest BCUT2D eigenvalue weighted by Gasteiger charge is -2.15. The Kier molecular flexibility index (Phi) is 4.27. The molecule has 1 atom stereocenters. The van der Waals surface area contributed by atoms with Crippen molar-refractivity contribution in [2.75, 3.05) is 13.6 Å². The van der Waals surface area contributed by atoms with E-state index in [1.54, 1.807) is 4.90 Å². The van der Waals surface area contributed by atoms with Gasteiger partial charge in [-0.25, -0.2) is 4.98 Å². The summed E-state index contributed by atoms with van der Waals surface area (Å²) < 4.78 is 2.14. The summed E-state index contributed by atoms with van der Waals surface area (Å²) in [4.78, 5) is 18.1. The molecule has 0 aliphatic carbocycles. The Morgan fingerprint density at radius 3 is 2.68 bits per heavy atom. The number of hydrogen-bond donors (Lipinski definition) is 0. The highest BCUT2D eigenvalue weighted by Gasteiger charge is 2.29. The SMILES string of the molecule is CCCCc1ccc(-c2nccn2C2CC(=O)N(C)C2)cc1. The smallest absolute Gasteiger partial charge is 0.224 e. The zero-order valence-corrected chi connectivity index (χ0v) is 13.3. The number of likely N-dealkylation sites (tertiary alicyclic amines) is 1. The van der Waals surface area contributed by atoms with Gasteiger partial charge in [0.2, 0.25) is 5.91 Å². The fourth-order valence-electron chi connectivity index (χ4n) is 3.06. The summed E-state index contributed by atoms with van der Waals surface area (Å²) in [5, 5.41) is 0. The molecular weight excluding hydrogens is 274 g/mol. The van der Waals surface area contributed by atoms with E-state index in [0.29, 0.717) is 6.42 Å². The Balaban J connectivity index is 1.81. The van der Waals surface area contributed by atoms with Crippen LogP contribution < -0.4 is 0 Å². The molecule has 1 aliphatic rings. The van der Waals surface area contributed by atoms with Crippen LogP contribution in [0, 0.1) is 0 Å². The van der Waals surface area contributed by atoms with Gasteiger partial charge in [-0.15, -0.1) is 0 Å². The van der Waals surface area contributed by atoms with Crippen molar-refractivity contribution < 1.29 is 4.79 Å². The monoisotopic (exact) mass is 297 g/mol. The maximum absolute atomic E-state index is 11.8. The van der Waals surface area contributed by atoms with Gasteiger partial charge in [0.15, 0.2) is 0 Å². The zero-order chi connectivity index (χ0) is 15.5. The van der Waals surface area contributed by atoms with Crippen LogP contribution in [0.1, 0.15) is 37.8 Å². The average molecular weight is 297 g/mol. The van der Waals surface area contributed by atoms with E-state index in [0.717, 1.165) is 24.4 Å². The number of imidazole rings is 1. The number of amides is 1. The highest BCUT2D eigenvalue weighted by Crippen LogP contribution is 2.27. The molecule has 2 heterocycles. The number of nitrogens with zero attached hydrogens (tertiary/aromatic N) is 3. The van der Waals surface area contributed by atoms with Gasteiger partial charge in [0.1, 0.15) is 5.82 Å². The fraction of sp³-hybridized carbons (Fsp3) is 0.444. The van der Waals surface area contributed by atoms with Crippen LogP contribution in [0.5, 0.6) is 0 Å². The van der Waals surface area contributed by atoms with Crippen molar-refractivity contribution in [3.05, 3.63) is 42.2 Å². The molecule has 0 saturated carbocycles. The first-order valence-corrected chi connectivity index (χ1v) is 8.05. The van der Waals surface area contributed by atoms with Crippen LogP contribution >= 0.6 is 0 Å². The molecule has 3 rings (SSSR count). The first-order chi connectivity index (χ1) is 10.7. The van der Waals surface area contributed by atoms with Gasteiger partial charge in [0.05, 0.1) is 6.04 Å². The maximum atomic E-state index is 11.8. The van der Waals surface area contributed by atoms with Crippen LogP contribution in [-0.2, 0) is 11.2 Å². The second-order valence-corrected chi connectivity index (χ2v) is 6.09. The summed E-state index contributed by atoms with van der Waals surface area (Å²) in [5.41, 5.74) is 2.49. The molecule has 0 bridgehead atoms. The van der Waals surface area contributed by atoms with Crippen LogP contribution in [0.4, 0.5) is 0 Å². The second-order valence-electron chi connectivity index (χ2n) is 6.09. The molecule has 1 saturated heterocycles. The summed E-state index contributed by atoms with van der Waals surface area (Å²) in [6.45, 7) is 2.97. The van der Waals surface area contributed by atoms with E-state index >= 15 is 0 Å². The minimum absolute atomic E-state index is 0.190. The predicted octanol–water partition coefficient (Wildman–Crippen LogP) is 3.30. The molecule has 4 nitrogen and oxygen atoms in total. The van der Waals surface area contributed by atoms with Crippen molar-refractivity contribution in [1.29, 1.82) is 0 Å². The molecule has 1 aliphatic heterocycles. The predicted molar refractivity (Wildman–Crippen MR) is 87.6 cm³/mol. The average Bonchev–Trinajstić information content (AvgIpc) is 3.13. The first-order valence-electron chi connectivity index (χ1n) is 8.05. The van der Waals surface area contributed by atoms with E-state index < -0.39 is 0 Å². The zero-order valence-electron chi connectivity index (χ0n) is 13.3. The van der Waals surface area contributed by atoms with Gasteiger partial charge in [0.25, 0.3) is 0 Å². The molecular formula is C18H23N3O. The van der Waals surface area contributed by atoms with E-state index in [9.17, 15) is 4.79 Å². The summed E-state index contributed by atoms with van der Waals surface area (Å²) >= 11 is 0. The fourth-order valence-corrected chi connectivity index (χ4v) is 3.06. The first kappa shape index (κ1) is 14.8. The van der Waals surface area contributed by atoms with Crippen molar-refractivity contribution in [1.82, 2.24) is 14.5 Å². The third-order valence-electron chi connectivity index (χ3n) is 4.41. The summed E-state index contributed by atoms with van der Waals surface area (Å²) in [6, 6.07) is 8.86. The van der Waals surface area contributed by atoms with Gasteiger partial charge in [-0.3, -0.25) is 4.79 Å². The Hall–Kier alpha value is -2.10. The van der Waals surface area contributed by atoms with E-state index in [-0.39, 0.29) is 11.9 Å². The van der Waals surface area contributed by atoms with Gasteiger partial charge in [-0.2, -0.15) is 0 Å². The molecule has 0 N–H and O–H groups in total. The third-order valence-corrected chi connectivity index (χ3v) is 4.41. The number of aromatic nitrogens is 2. The lowest BCUT2D eigenvalue weighted by Crippen LogP contribution is -2.19. The third kappa shape index (κ3) is 2.91. The number of carbonyl (C=O) groups is 1.